The Bertz CT molecular complexity index is 407. The molecule has 0 saturated carbocycles. The van der Waals surface area contributed by atoms with E-state index in [0.29, 0.717) is 12.5 Å². The minimum absolute atomic E-state index is 0.0995. The maximum Gasteiger partial charge on any atom is 0.191 e. The Hall–Kier alpha value is -1.15. The third kappa shape index (κ3) is 4.79. The Balaban J connectivity index is 2.91. The summed E-state index contributed by atoms with van der Waals surface area (Å²) in [6.45, 7) is 10.9. The van der Waals surface area contributed by atoms with Crippen LogP contribution in [-0.4, -0.2) is 18.5 Å². The fourth-order valence-electron chi connectivity index (χ4n) is 2.24. The van der Waals surface area contributed by atoms with Gasteiger partial charge in [-0.05, 0) is 36.8 Å². The molecule has 0 fully saturated rings. The van der Waals surface area contributed by atoms with Gasteiger partial charge in [0.2, 0.25) is 0 Å². The quantitative estimate of drug-likeness (QED) is 0.691. The summed E-state index contributed by atoms with van der Waals surface area (Å²) in [6, 6.07) is 7.95. The van der Waals surface area contributed by atoms with E-state index >= 15 is 0 Å². The van der Waals surface area contributed by atoms with E-state index in [0.717, 1.165) is 12.0 Å². The molecule has 0 aliphatic heterocycles. The number of hydrogen-bond acceptors (Lipinski definition) is 2. The normalized spacial score (nSPS) is 13.0. The SMILES string of the molecule is CCOC(C(=O)c1cccc(CC(C)C)c1)C(C)C. The van der Waals surface area contributed by atoms with Gasteiger partial charge in [-0.1, -0.05) is 45.9 Å². The highest BCUT2D eigenvalue weighted by Crippen LogP contribution is 2.17. The molecule has 0 aliphatic carbocycles. The first-order valence-corrected chi connectivity index (χ1v) is 7.20. The van der Waals surface area contributed by atoms with Crippen LogP contribution in [0, 0.1) is 11.8 Å². The minimum atomic E-state index is -0.334. The number of ether oxygens (including phenoxy) is 1. The summed E-state index contributed by atoms with van der Waals surface area (Å²) in [5.74, 6) is 0.891. The largest absolute Gasteiger partial charge is 0.370 e. The monoisotopic (exact) mass is 262 g/mol. The lowest BCUT2D eigenvalue weighted by molar-refractivity contribution is 0.0279. The van der Waals surface area contributed by atoms with Gasteiger partial charge in [-0.15, -0.1) is 0 Å². The van der Waals surface area contributed by atoms with Crippen LogP contribution in [0.4, 0.5) is 0 Å². The molecule has 1 atom stereocenters. The molecule has 0 N–H and O–H groups in total. The molecule has 0 heterocycles. The number of benzene rings is 1. The Labute approximate surface area is 117 Å². The lowest BCUT2D eigenvalue weighted by Gasteiger charge is -2.20. The molecule has 2 nitrogen and oxygen atoms in total. The van der Waals surface area contributed by atoms with Crippen molar-refractivity contribution in [1.82, 2.24) is 0 Å². The summed E-state index contributed by atoms with van der Waals surface area (Å²) in [4.78, 5) is 12.5. The second-order valence-corrected chi connectivity index (χ2v) is 5.78. The van der Waals surface area contributed by atoms with Crippen molar-refractivity contribution in [3.05, 3.63) is 35.4 Å². The third-order valence-corrected chi connectivity index (χ3v) is 3.07. The van der Waals surface area contributed by atoms with Crippen molar-refractivity contribution >= 4 is 5.78 Å². The van der Waals surface area contributed by atoms with Crippen LogP contribution in [0.1, 0.15) is 50.5 Å². The molecule has 0 bridgehead atoms. The van der Waals surface area contributed by atoms with Crippen molar-refractivity contribution in [1.29, 1.82) is 0 Å². The van der Waals surface area contributed by atoms with Gasteiger partial charge < -0.3 is 4.74 Å². The highest BCUT2D eigenvalue weighted by atomic mass is 16.5. The molecule has 0 amide bonds. The molecule has 2 heteroatoms. The average Bonchev–Trinajstić information content (AvgIpc) is 2.34. The Morgan fingerprint density at radius 3 is 2.42 bits per heavy atom. The zero-order valence-corrected chi connectivity index (χ0v) is 12.8. The van der Waals surface area contributed by atoms with Gasteiger partial charge in [0.25, 0.3) is 0 Å². The van der Waals surface area contributed by atoms with Gasteiger partial charge in [-0.3, -0.25) is 4.79 Å². The Morgan fingerprint density at radius 1 is 1.21 bits per heavy atom. The fourth-order valence-corrected chi connectivity index (χ4v) is 2.24. The van der Waals surface area contributed by atoms with E-state index in [1.165, 1.54) is 5.56 Å². The van der Waals surface area contributed by atoms with Crippen molar-refractivity contribution in [2.24, 2.45) is 11.8 Å². The molecular formula is C17H26O2. The smallest absolute Gasteiger partial charge is 0.191 e. The lowest BCUT2D eigenvalue weighted by atomic mass is 9.94. The number of hydrogen-bond donors (Lipinski definition) is 0. The van der Waals surface area contributed by atoms with Crippen molar-refractivity contribution in [3.8, 4) is 0 Å². The number of ketones is 1. The zero-order chi connectivity index (χ0) is 14.4. The summed E-state index contributed by atoms with van der Waals surface area (Å²) in [7, 11) is 0. The van der Waals surface area contributed by atoms with E-state index in [1.54, 1.807) is 0 Å². The molecule has 0 aromatic heterocycles. The molecule has 0 saturated heterocycles. The van der Waals surface area contributed by atoms with Gasteiger partial charge in [-0.2, -0.15) is 0 Å². The number of rotatable bonds is 7. The highest BCUT2D eigenvalue weighted by Gasteiger charge is 2.23. The zero-order valence-electron chi connectivity index (χ0n) is 12.8. The van der Waals surface area contributed by atoms with Crippen LogP contribution in [0.15, 0.2) is 24.3 Å². The fraction of sp³-hybridized carbons (Fsp3) is 0.588. The second kappa shape index (κ2) is 7.44. The Kier molecular flexibility index (Phi) is 6.23. The Morgan fingerprint density at radius 2 is 1.89 bits per heavy atom. The van der Waals surface area contributed by atoms with Gasteiger partial charge in [0.05, 0.1) is 0 Å². The third-order valence-electron chi connectivity index (χ3n) is 3.07. The molecule has 1 aromatic carbocycles. The summed E-state index contributed by atoms with van der Waals surface area (Å²) in [6.07, 6.45) is 0.668. The maximum atomic E-state index is 12.5. The van der Waals surface area contributed by atoms with Crippen LogP contribution in [0.2, 0.25) is 0 Å². The first-order valence-electron chi connectivity index (χ1n) is 7.20. The van der Waals surface area contributed by atoms with E-state index in [1.807, 2.05) is 39.0 Å². The molecule has 0 aliphatic rings. The molecular weight excluding hydrogens is 236 g/mol. The van der Waals surface area contributed by atoms with Crippen LogP contribution in [-0.2, 0) is 11.2 Å². The predicted octanol–water partition coefficient (Wildman–Crippen LogP) is 4.13. The van der Waals surface area contributed by atoms with Crippen molar-refractivity contribution in [2.75, 3.05) is 6.61 Å². The van der Waals surface area contributed by atoms with Crippen molar-refractivity contribution < 1.29 is 9.53 Å². The van der Waals surface area contributed by atoms with Crippen LogP contribution in [0.3, 0.4) is 0 Å². The van der Waals surface area contributed by atoms with Crippen molar-refractivity contribution in [3.63, 3.8) is 0 Å². The van der Waals surface area contributed by atoms with Crippen LogP contribution >= 0.6 is 0 Å². The van der Waals surface area contributed by atoms with Crippen LogP contribution < -0.4 is 0 Å². The van der Waals surface area contributed by atoms with E-state index < -0.39 is 0 Å². The van der Waals surface area contributed by atoms with Gasteiger partial charge in [-0.25, -0.2) is 0 Å². The summed E-state index contributed by atoms with van der Waals surface area (Å²) in [5, 5.41) is 0. The molecule has 19 heavy (non-hydrogen) atoms. The standard InChI is InChI=1S/C17H26O2/c1-6-19-17(13(4)5)16(18)15-9-7-8-14(11-15)10-12(2)3/h7-9,11-13,17H,6,10H2,1-5H3. The molecule has 1 aromatic rings. The van der Waals surface area contributed by atoms with Crippen LogP contribution in [0.25, 0.3) is 0 Å². The number of Topliss-reactive ketones (excluding diaryl/α,β-unsaturated/α-hetero) is 1. The summed E-state index contributed by atoms with van der Waals surface area (Å²) < 4.78 is 5.59. The predicted molar refractivity (Wildman–Crippen MR) is 79.6 cm³/mol. The van der Waals surface area contributed by atoms with Gasteiger partial charge in [0, 0.05) is 12.2 Å². The summed E-state index contributed by atoms with van der Waals surface area (Å²) >= 11 is 0. The number of carbonyl (C=O) groups is 1. The lowest BCUT2D eigenvalue weighted by Crippen LogP contribution is -2.30. The molecule has 1 unspecified atom stereocenters. The first kappa shape index (κ1) is 15.9. The second-order valence-electron chi connectivity index (χ2n) is 5.78. The van der Waals surface area contributed by atoms with Gasteiger partial charge >= 0.3 is 0 Å². The minimum Gasteiger partial charge on any atom is -0.370 e. The van der Waals surface area contributed by atoms with E-state index in [9.17, 15) is 4.79 Å². The molecule has 0 spiro atoms. The van der Waals surface area contributed by atoms with Crippen LogP contribution in [0.5, 0.6) is 0 Å². The maximum absolute atomic E-state index is 12.5. The molecule has 0 radical (unpaired) electrons. The molecule has 1 rings (SSSR count). The molecule has 106 valence electrons. The topological polar surface area (TPSA) is 26.3 Å². The van der Waals surface area contributed by atoms with Gasteiger partial charge in [0.1, 0.15) is 6.10 Å². The van der Waals surface area contributed by atoms with E-state index in [-0.39, 0.29) is 17.8 Å². The van der Waals surface area contributed by atoms with Gasteiger partial charge in [0.15, 0.2) is 5.78 Å². The summed E-state index contributed by atoms with van der Waals surface area (Å²) in [5.41, 5.74) is 1.99. The first-order chi connectivity index (χ1) is 8.95. The average molecular weight is 262 g/mol. The highest BCUT2D eigenvalue weighted by molar-refractivity contribution is 5.99. The van der Waals surface area contributed by atoms with Crippen molar-refractivity contribution in [2.45, 2.75) is 47.1 Å². The van der Waals surface area contributed by atoms with E-state index in [2.05, 4.69) is 19.9 Å². The van der Waals surface area contributed by atoms with E-state index in [4.69, 9.17) is 4.74 Å². The number of carbonyl (C=O) groups excluding carboxylic acids is 1.